The number of aromatic nitrogens is 1. The Kier molecular flexibility index (Phi) is 3.46. The summed E-state index contributed by atoms with van der Waals surface area (Å²) < 4.78 is 1.71. The molecule has 0 saturated heterocycles. The summed E-state index contributed by atoms with van der Waals surface area (Å²) in [5.41, 5.74) is 8.57. The number of nitrogens with zero attached hydrogens (tertiary/aromatic N) is 2. The zero-order valence-corrected chi connectivity index (χ0v) is 11.3. The predicted molar refractivity (Wildman–Crippen MR) is 78.5 cm³/mol. The first-order valence-corrected chi connectivity index (χ1v) is 5.98. The van der Waals surface area contributed by atoms with Gasteiger partial charge in [-0.15, -0.1) is 0 Å². The van der Waals surface area contributed by atoms with Crippen LogP contribution in [0.4, 0.5) is 17.1 Å². The lowest BCUT2D eigenvalue weighted by molar-refractivity contribution is 0.101. The van der Waals surface area contributed by atoms with Crippen molar-refractivity contribution in [3.05, 3.63) is 42.2 Å². The third-order valence-electron chi connectivity index (χ3n) is 2.88. The number of nitrogens with two attached hydrogens (primary N) is 1. The monoisotopic (exact) mass is 258 g/mol. The van der Waals surface area contributed by atoms with E-state index in [1.165, 1.54) is 0 Å². The quantitative estimate of drug-likeness (QED) is 0.884. The molecule has 0 fully saturated rings. The standard InChI is InChI=1S/C14H18N4O/c1-17(2)12-6-4-5-11(8-12)16-14(19)13-7-10(15)9-18(13)3/h4-9H,15H2,1-3H3,(H,16,19). The molecule has 19 heavy (non-hydrogen) atoms. The molecule has 0 saturated carbocycles. The molecule has 5 heteroatoms. The Hall–Kier alpha value is -2.43. The Balaban J connectivity index is 2.19. The SMILES string of the molecule is CN(C)c1cccc(NC(=O)c2cc(N)cn2C)c1. The molecule has 3 N–H and O–H groups in total. The zero-order valence-electron chi connectivity index (χ0n) is 11.3. The molecule has 2 rings (SSSR count). The minimum absolute atomic E-state index is 0.171. The van der Waals surface area contributed by atoms with Crippen LogP contribution in [0.15, 0.2) is 36.5 Å². The van der Waals surface area contributed by atoms with Crippen molar-refractivity contribution in [2.24, 2.45) is 7.05 Å². The number of carbonyl (C=O) groups excluding carboxylic acids is 1. The van der Waals surface area contributed by atoms with Crippen molar-refractivity contribution in [1.82, 2.24) is 4.57 Å². The van der Waals surface area contributed by atoms with Gasteiger partial charge in [-0.05, 0) is 24.3 Å². The van der Waals surface area contributed by atoms with Crippen molar-refractivity contribution in [1.29, 1.82) is 0 Å². The summed E-state index contributed by atoms with van der Waals surface area (Å²) >= 11 is 0. The molecule has 2 aromatic rings. The molecule has 0 radical (unpaired) electrons. The van der Waals surface area contributed by atoms with Crippen LogP contribution in [0.3, 0.4) is 0 Å². The van der Waals surface area contributed by atoms with Crippen LogP contribution in [0, 0.1) is 0 Å². The van der Waals surface area contributed by atoms with Gasteiger partial charge in [0.1, 0.15) is 5.69 Å². The second kappa shape index (κ2) is 5.06. The van der Waals surface area contributed by atoms with E-state index < -0.39 is 0 Å². The van der Waals surface area contributed by atoms with E-state index in [4.69, 9.17) is 5.73 Å². The van der Waals surface area contributed by atoms with Crippen molar-refractivity contribution < 1.29 is 4.79 Å². The van der Waals surface area contributed by atoms with E-state index in [1.807, 2.05) is 43.3 Å². The molecule has 0 bridgehead atoms. The Bertz CT molecular complexity index is 601. The molecule has 100 valence electrons. The minimum Gasteiger partial charge on any atom is -0.397 e. The van der Waals surface area contributed by atoms with Crippen molar-refractivity contribution >= 4 is 23.0 Å². The summed E-state index contributed by atoms with van der Waals surface area (Å²) in [4.78, 5) is 14.1. The molecule has 1 amide bonds. The van der Waals surface area contributed by atoms with Crippen molar-refractivity contribution in [3.8, 4) is 0 Å². The molecular weight excluding hydrogens is 240 g/mol. The van der Waals surface area contributed by atoms with Gasteiger partial charge in [-0.3, -0.25) is 4.79 Å². The van der Waals surface area contributed by atoms with E-state index in [1.54, 1.807) is 23.9 Å². The lowest BCUT2D eigenvalue weighted by atomic mass is 10.2. The molecular formula is C14H18N4O. The maximum atomic E-state index is 12.1. The number of amides is 1. The Morgan fingerprint density at radius 1 is 1.32 bits per heavy atom. The van der Waals surface area contributed by atoms with E-state index in [9.17, 15) is 4.79 Å². The summed E-state index contributed by atoms with van der Waals surface area (Å²) in [6.07, 6.45) is 1.71. The summed E-state index contributed by atoms with van der Waals surface area (Å²) in [5.74, 6) is -0.171. The van der Waals surface area contributed by atoms with Crippen LogP contribution >= 0.6 is 0 Å². The van der Waals surface area contributed by atoms with Gasteiger partial charge in [0.05, 0.1) is 5.69 Å². The first kappa shape index (κ1) is 13.0. The number of nitrogen functional groups attached to an aromatic ring is 1. The topological polar surface area (TPSA) is 63.3 Å². The fraction of sp³-hybridized carbons (Fsp3) is 0.214. The van der Waals surface area contributed by atoms with E-state index in [2.05, 4.69) is 5.32 Å². The van der Waals surface area contributed by atoms with Crippen LogP contribution < -0.4 is 16.0 Å². The highest BCUT2D eigenvalue weighted by atomic mass is 16.1. The highest BCUT2D eigenvalue weighted by Gasteiger charge is 2.11. The summed E-state index contributed by atoms with van der Waals surface area (Å²) in [5, 5.41) is 2.87. The second-order valence-electron chi connectivity index (χ2n) is 4.67. The van der Waals surface area contributed by atoms with E-state index in [0.29, 0.717) is 11.4 Å². The molecule has 0 aliphatic rings. The molecule has 0 aliphatic carbocycles. The van der Waals surface area contributed by atoms with Crippen LogP contribution in [0.1, 0.15) is 10.5 Å². The zero-order chi connectivity index (χ0) is 14.0. The third kappa shape index (κ3) is 2.88. The number of anilines is 3. The first-order chi connectivity index (χ1) is 8.97. The Morgan fingerprint density at radius 3 is 2.63 bits per heavy atom. The van der Waals surface area contributed by atoms with Crippen LogP contribution in [0.25, 0.3) is 0 Å². The third-order valence-corrected chi connectivity index (χ3v) is 2.88. The molecule has 1 aromatic heterocycles. The molecule has 0 spiro atoms. The maximum Gasteiger partial charge on any atom is 0.272 e. The molecule has 0 unspecified atom stereocenters. The summed E-state index contributed by atoms with van der Waals surface area (Å²) in [6, 6.07) is 9.33. The van der Waals surface area contributed by atoms with Gasteiger partial charge in [0.25, 0.3) is 5.91 Å². The predicted octanol–water partition coefficient (Wildman–Crippen LogP) is 1.93. The van der Waals surface area contributed by atoms with Gasteiger partial charge in [-0.2, -0.15) is 0 Å². The Morgan fingerprint density at radius 2 is 2.05 bits per heavy atom. The average Bonchev–Trinajstić information content (AvgIpc) is 2.69. The van der Waals surface area contributed by atoms with E-state index >= 15 is 0 Å². The lowest BCUT2D eigenvalue weighted by Gasteiger charge is -2.14. The fourth-order valence-corrected chi connectivity index (χ4v) is 1.87. The number of rotatable bonds is 3. The number of benzene rings is 1. The van der Waals surface area contributed by atoms with Gasteiger partial charge in [0.2, 0.25) is 0 Å². The molecule has 1 aromatic carbocycles. The normalized spacial score (nSPS) is 10.3. The summed E-state index contributed by atoms with van der Waals surface area (Å²) in [6.45, 7) is 0. The Labute approximate surface area is 112 Å². The van der Waals surface area contributed by atoms with E-state index in [0.717, 1.165) is 11.4 Å². The number of nitrogens with one attached hydrogen (secondary N) is 1. The van der Waals surface area contributed by atoms with Crippen LogP contribution in [-0.4, -0.2) is 24.6 Å². The van der Waals surface area contributed by atoms with Crippen LogP contribution in [-0.2, 0) is 7.05 Å². The van der Waals surface area contributed by atoms with Crippen LogP contribution in [0.5, 0.6) is 0 Å². The van der Waals surface area contributed by atoms with Gasteiger partial charge < -0.3 is 20.5 Å². The van der Waals surface area contributed by atoms with Crippen molar-refractivity contribution in [2.45, 2.75) is 0 Å². The molecule has 1 heterocycles. The number of hydrogen-bond acceptors (Lipinski definition) is 3. The maximum absolute atomic E-state index is 12.1. The fourth-order valence-electron chi connectivity index (χ4n) is 1.87. The number of hydrogen-bond donors (Lipinski definition) is 2. The molecule has 0 atom stereocenters. The minimum atomic E-state index is -0.171. The van der Waals surface area contributed by atoms with Gasteiger partial charge in [-0.1, -0.05) is 6.07 Å². The number of aryl methyl sites for hydroxylation is 1. The van der Waals surface area contributed by atoms with Crippen LogP contribution in [0.2, 0.25) is 0 Å². The first-order valence-electron chi connectivity index (χ1n) is 5.98. The van der Waals surface area contributed by atoms with Gasteiger partial charge in [-0.25, -0.2) is 0 Å². The van der Waals surface area contributed by atoms with Crippen molar-refractivity contribution in [3.63, 3.8) is 0 Å². The smallest absolute Gasteiger partial charge is 0.272 e. The largest absolute Gasteiger partial charge is 0.397 e. The van der Waals surface area contributed by atoms with Crippen molar-refractivity contribution in [2.75, 3.05) is 30.0 Å². The van der Waals surface area contributed by atoms with E-state index in [-0.39, 0.29) is 5.91 Å². The molecule has 5 nitrogen and oxygen atoms in total. The average molecular weight is 258 g/mol. The number of carbonyl (C=O) groups is 1. The van der Waals surface area contributed by atoms with Gasteiger partial charge in [0.15, 0.2) is 0 Å². The lowest BCUT2D eigenvalue weighted by Crippen LogP contribution is -2.16. The highest BCUT2D eigenvalue weighted by molar-refractivity contribution is 6.04. The van der Waals surface area contributed by atoms with Gasteiger partial charge >= 0.3 is 0 Å². The highest BCUT2D eigenvalue weighted by Crippen LogP contribution is 2.18. The van der Waals surface area contributed by atoms with Gasteiger partial charge in [0, 0.05) is 38.7 Å². The second-order valence-corrected chi connectivity index (χ2v) is 4.67. The molecule has 0 aliphatic heterocycles. The summed E-state index contributed by atoms with van der Waals surface area (Å²) in [7, 11) is 5.71.